The molecule has 0 aromatic heterocycles. The van der Waals surface area contributed by atoms with Crippen LogP contribution in [-0.4, -0.2) is 66.7 Å². The summed E-state index contributed by atoms with van der Waals surface area (Å²) in [7, 11) is 0. The summed E-state index contributed by atoms with van der Waals surface area (Å²) in [5.41, 5.74) is 1.39. The van der Waals surface area contributed by atoms with E-state index in [1.54, 1.807) is 4.90 Å². The van der Waals surface area contributed by atoms with Crippen molar-refractivity contribution in [3.8, 4) is 0 Å². The van der Waals surface area contributed by atoms with E-state index in [1.807, 2.05) is 52.0 Å². The van der Waals surface area contributed by atoms with Crippen molar-refractivity contribution in [1.29, 1.82) is 0 Å². The molecule has 6 nitrogen and oxygen atoms in total. The number of carbonyl (C=O) groups is 2. The first-order valence-corrected chi connectivity index (χ1v) is 9.30. The van der Waals surface area contributed by atoms with Crippen LogP contribution >= 0.6 is 0 Å². The van der Waals surface area contributed by atoms with Crippen LogP contribution in [0, 0.1) is 6.92 Å². The topological polar surface area (TPSA) is 61.9 Å². The van der Waals surface area contributed by atoms with E-state index in [0.717, 1.165) is 31.6 Å². The van der Waals surface area contributed by atoms with Crippen molar-refractivity contribution < 1.29 is 14.3 Å². The summed E-state index contributed by atoms with van der Waals surface area (Å²) < 4.78 is 5.41. The molecule has 0 bridgehead atoms. The average molecular weight is 361 g/mol. The summed E-state index contributed by atoms with van der Waals surface area (Å²) >= 11 is 0. The highest BCUT2D eigenvalue weighted by Crippen LogP contribution is 2.12. The van der Waals surface area contributed by atoms with E-state index in [-0.39, 0.29) is 12.0 Å². The van der Waals surface area contributed by atoms with E-state index in [9.17, 15) is 9.59 Å². The molecule has 1 aromatic carbocycles. The Hall–Kier alpha value is -2.08. The SMILES string of the molecule is Cc1ccc(C(=O)NCCCN2CCN(C(=O)OC(C)(C)C)CC2)cc1. The third kappa shape index (κ3) is 6.67. The van der Waals surface area contributed by atoms with Gasteiger partial charge in [0.05, 0.1) is 0 Å². The molecule has 1 saturated heterocycles. The number of nitrogens with zero attached hydrogens (tertiary/aromatic N) is 2. The first-order chi connectivity index (χ1) is 12.2. The number of piperazine rings is 1. The molecule has 0 aliphatic carbocycles. The van der Waals surface area contributed by atoms with Crippen LogP contribution in [-0.2, 0) is 4.74 Å². The zero-order valence-corrected chi connectivity index (χ0v) is 16.4. The van der Waals surface area contributed by atoms with Crippen LogP contribution in [0.5, 0.6) is 0 Å². The molecule has 1 aromatic rings. The number of rotatable bonds is 5. The highest BCUT2D eigenvalue weighted by molar-refractivity contribution is 5.94. The molecule has 1 N–H and O–H groups in total. The van der Waals surface area contributed by atoms with E-state index >= 15 is 0 Å². The fourth-order valence-electron chi connectivity index (χ4n) is 2.79. The van der Waals surface area contributed by atoms with Gasteiger partial charge in [-0.15, -0.1) is 0 Å². The molecule has 6 heteroatoms. The van der Waals surface area contributed by atoms with Crippen molar-refractivity contribution in [2.75, 3.05) is 39.3 Å². The molecule has 0 atom stereocenters. The van der Waals surface area contributed by atoms with E-state index in [4.69, 9.17) is 4.74 Å². The van der Waals surface area contributed by atoms with Gasteiger partial charge in [-0.3, -0.25) is 9.69 Å². The van der Waals surface area contributed by atoms with Gasteiger partial charge < -0.3 is 15.0 Å². The van der Waals surface area contributed by atoms with Gasteiger partial charge in [0.15, 0.2) is 0 Å². The minimum Gasteiger partial charge on any atom is -0.444 e. The molecule has 2 amide bonds. The van der Waals surface area contributed by atoms with Crippen LogP contribution < -0.4 is 5.32 Å². The van der Waals surface area contributed by atoms with Gasteiger partial charge in [-0.25, -0.2) is 4.79 Å². The summed E-state index contributed by atoms with van der Waals surface area (Å²) in [5, 5.41) is 2.96. The van der Waals surface area contributed by atoms with Crippen LogP contribution in [0.15, 0.2) is 24.3 Å². The second-order valence-corrected chi connectivity index (χ2v) is 7.78. The molecule has 0 radical (unpaired) electrons. The predicted molar refractivity (Wildman–Crippen MR) is 102 cm³/mol. The monoisotopic (exact) mass is 361 g/mol. The van der Waals surface area contributed by atoms with Crippen LogP contribution in [0.1, 0.15) is 43.1 Å². The van der Waals surface area contributed by atoms with Gasteiger partial charge in [-0.1, -0.05) is 17.7 Å². The molecule has 0 saturated carbocycles. The Bertz CT molecular complexity index is 600. The van der Waals surface area contributed by atoms with E-state index in [2.05, 4.69) is 10.2 Å². The zero-order valence-electron chi connectivity index (χ0n) is 16.4. The molecule has 0 unspecified atom stereocenters. The minimum absolute atomic E-state index is 0.0280. The second-order valence-electron chi connectivity index (χ2n) is 7.78. The molecule has 0 spiro atoms. The lowest BCUT2D eigenvalue weighted by atomic mass is 10.1. The number of benzene rings is 1. The normalized spacial score (nSPS) is 15.6. The first kappa shape index (κ1) is 20.2. The fraction of sp³-hybridized carbons (Fsp3) is 0.600. The summed E-state index contributed by atoms with van der Waals surface area (Å²) in [5.74, 6) is -0.0280. The number of nitrogens with one attached hydrogen (secondary N) is 1. The largest absolute Gasteiger partial charge is 0.444 e. The lowest BCUT2D eigenvalue weighted by Crippen LogP contribution is -2.50. The van der Waals surface area contributed by atoms with Gasteiger partial charge >= 0.3 is 6.09 Å². The van der Waals surface area contributed by atoms with Crippen molar-refractivity contribution in [3.63, 3.8) is 0 Å². The van der Waals surface area contributed by atoms with E-state index < -0.39 is 5.60 Å². The molecular formula is C20H31N3O3. The number of hydrogen-bond acceptors (Lipinski definition) is 4. The van der Waals surface area contributed by atoms with Gasteiger partial charge in [0.2, 0.25) is 0 Å². The Balaban J connectivity index is 1.62. The smallest absolute Gasteiger partial charge is 0.410 e. The minimum atomic E-state index is -0.454. The molecule has 1 heterocycles. The molecule has 1 fully saturated rings. The quantitative estimate of drug-likeness (QED) is 0.819. The third-order valence-corrected chi connectivity index (χ3v) is 4.27. The highest BCUT2D eigenvalue weighted by Gasteiger charge is 2.25. The molecule has 26 heavy (non-hydrogen) atoms. The number of ether oxygens (including phenoxy) is 1. The lowest BCUT2D eigenvalue weighted by Gasteiger charge is -2.35. The van der Waals surface area contributed by atoms with Crippen molar-refractivity contribution in [3.05, 3.63) is 35.4 Å². The Labute approximate surface area is 156 Å². The second kappa shape index (κ2) is 9.03. The fourth-order valence-corrected chi connectivity index (χ4v) is 2.79. The summed E-state index contributed by atoms with van der Waals surface area (Å²) in [6.07, 6.45) is 0.659. The Morgan fingerprint density at radius 2 is 1.69 bits per heavy atom. The lowest BCUT2D eigenvalue weighted by molar-refractivity contribution is 0.0144. The maximum Gasteiger partial charge on any atom is 0.410 e. The van der Waals surface area contributed by atoms with Gasteiger partial charge in [0.25, 0.3) is 5.91 Å². The molecule has 1 aliphatic heterocycles. The summed E-state index contributed by atoms with van der Waals surface area (Å²) in [4.78, 5) is 28.2. The van der Waals surface area contributed by atoms with Crippen LogP contribution in [0.25, 0.3) is 0 Å². The zero-order chi connectivity index (χ0) is 19.2. The molecule has 144 valence electrons. The molecule has 2 rings (SSSR count). The number of amides is 2. The van der Waals surface area contributed by atoms with Gasteiger partial charge in [-0.2, -0.15) is 0 Å². The molecule has 1 aliphatic rings. The summed E-state index contributed by atoms with van der Waals surface area (Å²) in [6, 6.07) is 7.58. The van der Waals surface area contributed by atoms with Gasteiger partial charge in [-0.05, 0) is 52.8 Å². The number of aryl methyl sites for hydroxylation is 1. The number of carbonyl (C=O) groups excluding carboxylic acids is 2. The van der Waals surface area contributed by atoms with Crippen LogP contribution in [0.2, 0.25) is 0 Å². The average Bonchev–Trinajstić information content (AvgIpc) is 2.58. The van der Waals surface area contributed by atoms with Crippen LogP contribution in [0.4, 0.5) is 4.79 Å². The predicted octanol–water partition coefficient (Wildman–Crippen LogP) is 2.67. The Morgan fingerprint density at radius 1 is 1.08 bits per heavy atom. The Morgan fingerprint density at radius 3 is 2.27 bits per heavy atom. The van der Waals surface area contributed by atoms with Crippen molar-refractivity contribution in [2.24, 2.45) is 0 Å². The van der Waals surface area contributed by atoms with E-state index in [1.165, 1.54) is 0 Å². The maximum atomic E-state index is 12.1. The van der Waals surface area contributed by atoms with Crippen LogP contribution in [0.3, 0.4) is 0 Å². The standard InChI is InChI=1S/C20H31N3O3/c1-16-6-8-17(9-7-16)18(24)21-10-5-11-22-12-14-23(15-13-22)19(25)26-20(2,3)4/h6-9H,5,10-15H2,1-4H3,(H,21,24). The first-order valence-electron chi connectivity index (χ1n) is 9.30. The van der Waals surface area contributed by atoms with Gasteiger partial charge in [0, 0.05) is 38.3 Å². The third-order valence-electron chi connectivity index (χ3n) is 4.27. The van der Waals surface area contributed by atoms with Gasteiger partial charge in [0.1, 0.15) is 5.60 Å². The summed E-state index contributed by atoms with van der Waals surface area (Å²) in [6.45, 7) is 12.3. The van der Waals surface area contributed by atoms with Crippen molar-refractivity contribution in [2.45, 2.75) is 39.7 Å². The van der Waals surface area contributed by atoms with Crippen molar-refractivity contribution >= 4 is 12.0 Å². The Kier molecular flexibility index (Phi) is 7.03. The number of hydrogen-bond donors (Lipinski definition) is 1. The molecular weight excluding hydrogens is 330 g/mol. The van der Waals surface area contributed by atoms with E-state index in [0.29, 0.717) is 25.2 Å². The van der Waals surface area contributed by atoms with Crippen molar-refractivity contribution in [1.82, 2.24) is 15.1 Å². The maximum absolute atomic E-state index is 12.1. The highest BCUT2D eigenvalue weighted by atomic mass is 16.6.